The second kappa shape index (κ2) is 3.01. The zero-order valence-electron chi connectivity index (χ0n) is 6.59. The van der Waals surface area contributed by atoms with E-state index in [1.54, 1.807) is 6.92 Å². The third kappa shape index (κ3) is 1.99. The Balaban J connectivity index is 4.17. The first kappa shape index (κ1) is 9.43. The van der Waals surface area contributed by atoms with Crippen LogP contribution in [0.5, 0.6) is 0 Å². The lowest BCUT2D eigenvalue weighted by Crippen LogP contribution is -2.36. The largest absolute Gasteiger partial charge is 0.481 e. The lowest BCUT2D eigenvalue weighted by Gasteiger charge is -2.25. The second-order valence-corrected chi connectivity index (χ2v) is 2.77. The van der Waals surface area contributed by atoms with Crippen molar-refractivity contribution < 1.29 is 15.0 Å². The van der Waals surface area contributed by atoms with Gasteiger partial charge >= 0.3 is 5.97 Å². The maximum atomic E-state index is 10.3. The summed E-state index contributed by atoms with van der Waals surface area (Å²) in [5, 5.41) is 17.9. The monoisotopic (exact) mass is 146 g/mol. The lowest BCUT2D eigenvalue weighted by molar-refractivity contribution is -0.149. The van der Waals surface area contributed by atoms with E-state index in [1.165, 1.54) is 13.8 Å². The Morgan fingerprint density at radius 2 is 2.10 bits per heavy atom. The van der Waals surface area contributed by atoms with E-state index in [-0.39, 0.29) is 0 Å². The standard InChI is InChI=1S/C7H14O3/c1-4-7(3,10)5(2)6(8)9/h5,10H,4H2,1-3H3,(H,8,9)/t5-,7+/m1/s1. The van der Waals surface area contributed by atoms with Gasteiger partial charge in [0.25, 0.3) is 0 Å². The molecule has 3 nitrogen and oxygen atoms in total. The predicted molar refractivity (Wildman–Crippen MR) is 37.7 cm³/mol. The SMILES string of the molecule is CC[C@](C)(O)[C@H](C)C(=O)O. The highest BCUT2D eigenvalue weighted by molar-refractivity contribution is 5.70. The van der Waals surface area contributed by atoms with Gasteiger partial charge in [-0.3, -0.25) is 4.79 Å². The number of aliphatic carboxylic acids is 1. The highest BCUT2D eigenvalue weighted by Gasteiger charge is 2.31. The quantitative estimate of drug-likeness (QED) is 0.621. The summed E-state index contributed by atoms with van der Waals surface area (Å²) < 4.78 is 0. The Labute approximate surface area is 60.7 Å². The number of rotatable bonds is 3. The molecule has 0 saturated carbocycles. The van der Waals surface area contributed by atoms with Crippen molar-refractivity contribution in [3.63, 3.8) is 0 Å². The van der Waals surface area contributed by atoms with Gasteiger partial charge in [-0.15, -0.1) is 0 Å². The number of carboxylic acids is 1. The summed E-state index contributed by atoms with van der Waals surface area (Å²) in [6, 6.07) is 0. The summed E-state index contributed by atoms with van der Waals surface area (Å²) in [5.74, 6) is -1.65. The number of hydrogen-bond acceptors (Lipinski definition) is 2. The summed E-state index contributed by atoms with van der Waals surface area (Å²) in [5.41, 5.74) is -1.08. The summed E-state index contributed by atoms with van der Waals surface area (Å²) in [4.78, 5) is 10.3. The lowest BCUT2D eigenvalue weighted by atomic mass is 9.89. The molecule has 2 N–H and O–H groups in total. The summed E-state index contributed by atoms with van der Waals surface area (Å²) in [6.45, 7) is 4.80. The van der Waals surface area contributed by atoms with Gasteiger partial charge in [0.15, 0.2) is 0 Å². The molecule has 2 atom stereocenters. The number of hydrogen-bond donors (Lipinski definition) is 2. The Bertz CT molecular complexity index is 129. The fraction of sp³-hybridized carbons (Fsp3) is 0.857. The molecule has 0 fully saturated rings. The zero-order valence-corrected chi connectivity index (χ0v) is 6.59. The minimum atomic E-state index is -1.08. The van der Waals surface area contributed by atoms with E-state index in [1.807, 2.05) is 0 Å². The van der Waals surface area contributed by atoms with E-state index in [4.69, 9.17) is 5.11 Å². The van der Waals surface area contributed by atoms with Crippen molar-refractivity contribution in [3.8, 4) is 0 Å². The second-order valence-electron chi connectivity index (χ2n) is 2.77. The summed E-state index contributed by atoms with van der Waals surface area (Å²) in [7, 11) is 0. The Kier molecular flexibility index (Phi) is 2.84. The molecule has 0 radical (unpaired) electrons. The van der Waals surface area contributed by atoms with Crippen molar-refractivity contribution in [2.75, 3.05) is 0 Å². The molecule has 0 rings (SSSR count). The molecule has 0 unspecified atom stereocenters. The first-order valence-electron chi connectivity index (χ1n) is 3.37. The molecule has 60 valence electrons. The van der Waals surface area contributed by atoms with Crippen LogP contribution in [0.1, 0.15) is 27.2 Å². The fourth-order valence-electron chi connectivity index (χ4n) is 0.572. The molecule has 3 heteroatoms. The number of aliphatic hydroxyl groups is 1. The normalized spacial score (nSPS) is 19.6. The van der Waals surface area contributed by atoms with Crippen molar-refractivity contribution >= 4 is 5.97 Å². The molecule has 0 aromatic rings. The third-order valence-electron chi connectivity index (χ3n) is 2.02. The fourth-order valence-corrected chi connectivity index (χ4v) is 0.572. The van der Waals surface area contributed by atoms with Crippen LogP contribution in [0.2, 0.25) is 0 Å². The maximum Gasteiger partial charge on any atom is 0.309 e. The smallest absolute Gasteiger partial charge is 0.309 e. The molecule has 0 bridgehead atoms. The van der Waals surface area contributed by atoms with Crippen LogP contribution in [0.4, 0.5) is 0 Å². The van der Waals surface area contributed by atoms with Gasteiger partial charge in [0, 0.05) is 0 Å². The minimum Gasteiger partial charge on any atom is -0.481 e. The van der Waals surface area contributed by atoms with Crippen molar-refractivity contribution in [1.29, 1.82) is 0 Å². The van der Waals surface area contributed by atoms with Gasteiger partial charge < -0.3 is 10.2 Å². The average Bonchev–Trinajstić information content (AvgIpc) is 1.86. The number of carbonyl (C=O) groups is 1. The zero-order chi connectivity index (χ0) is 8.36. The minimum absolute atomic E-state index is 0.459. The van der Waals surface area contributed by atoms with Crippen LogP contribution in [0.3, 0.4) is 0 Å². The van der Waals surface area contributed by atoms with Crippen LogP contribution >= 0.6 is 0 Å². The molecule has 0 aromatic heterocycles. The van der Waals surface area contributed by atoms with Crippen LogP contribution in [0, 0.1) is 5.92 Å². The molecular weight excluding hydrogens is 132 g/mol. The molecule has 0 aliphatic heterocycles. The van der Waals surface area contributed by atoms with Crippen LogP contribution in [0.25, 0.3) is 0 Å². The van der Waals surface area contributed by atoms with E-state index in [0.717, 1.165) is 0 Å². The average molecular weight is 146 g/mol. The molecule has 0 spiro atoms. The molecule has 0 saturated heterocycles. The Morgan fingerprint density at radius 3 is 2.20 bits per heavy atom. The summed E-state index contributed by atoms with van der Waals surface area (Å²) >= 11 is 0. The van der Waals surface area contributed by atoms with E-state index in [0.29, 0.717) is 6.42 Å². The highest BCUT2D eigenvalue weighted by Crippen LogP contribution is 2.19. The van der Waals surface area contributed by atoms with Gasteiger partial charge in [-0.2, -0.15) is 0 Å². The van der Waals surface area contributed by atoms with E-state index < -0.39 is 17.5 Å². The van der Waals surface area contributed by atoms with Gasteiger partial charge in [0.05, 0.1) is 11.5 Å². The molecule has 0 aliphatic carbocycles. The molecule has 10 heavy (non-hydrogen) atoms. The van der Waals surface area contributed by atoms with Crippen LogP contribution < -0.4 is 0 Å². The van der Waals surface area contributed by atoms with Gasteiger partial charge in [-0.1, -0.05) is 6.92 Å². The van der Waals surface area contributed by atoms with Gasteiger partial charge in [-0.25, -0.2) is 0 Å². The van der Waals surface area contributed by atoms with E-state index >= 15 is 0 Å². The van der Waals surface area contributed by atoms with E-state index in [2.05, 4.69) is 0 Å². The maximum absolute atomic E-state index is 10.3. The first-order chi connectivity index (χ1) is 4.41. The van der Waals surface area contributed by atoms with Crippen LogP contribution in [-0.4, -0.2) is 21.8 Å². The molecular formula is C7H14O3. The Morgan fingerprint density at radius 1 is 1.70 bits per heavy atom. The molecule has 0 amide bonds. The molecule has 0 aromatic carbocycles. The van der Waals surface area contributed by atoms with Crippen LogP contribution in [0.15, 0.2) is 0 Å². The van der Waals surface area contributed by atoms with Crippen molar-refractivity contribution in [2.45, 2.75) is 32.8 Å². The van der Waals surface area contributed by atoms with Crippen molar-refractivity contribution in [2.24, 2.45) is 5.92 Å². The van der Waals surface area contributed by atoms with Gasteiger partial charge in [-0.05, 0) is 20.3 Å². The summed E-state index contributed by atoms with van der Waals surface area (Å²) in [6.07, 6.45) is 0.459. The van der Waals surface area contributed by atoms with Crippen molar-refractivity contribution in [1.82, 2.24) is 0 Å². The third-order valence-corrected chi connectivity index (χ3v) is 2.02. The predicted octanol–water partition coefficient (Wildman–Crippen LogP) is 0.868. The van der Waals surface area contributed by atoms with Gasteiger partial charge in [0.1, 0.15) is 0 Å². The van der Waals surface area contributed by atoms with E-state index in [9.17, 15) is 9.90 Å². The number of carboxylic acid groups (broad SMARTS) is 1. The van der Waals surface area contributed by atoms with Gasteiger partial charge in [0.2, 0.25) is 0 Å². The highest BCUT2D eigenvalue weighted by atomic mass is 16.4. The first-order valence-corrected chi connectivity index (χ1v) is 3.37. The van der Waals surface area contributed by atoms with Crippen LogP contribution in [-0.2, 0) is 4.79 Å². The molecule has 0 heterocycles. The Hall–Kier alpha value is -0.570. The molecule has 0 aliphatic rings. The topological polar surface area (TPSA) is 57.5 Å². The van der Waals surface area contributed by atoms with Crippen molar-refractivity contribution in [3.05, 3.63) is 0 Å².